The lowest BCUT2D eigenvalue weighted by Gasteiger charge is -2.19. The summed E-state index contributed by atoms with van der Waals surface area (Å²) in [6.07, 6.45) is 0.880. The lowest BCUT2D eigenvalue weighted by Crippen LogP contribution is -2.24. The van der Waals surface area contributed by atoms with E-state index in [1.165, 1.54) is 12.1 Å². The molecule has 1 N–H and O–H groups in total. The first-order valence-electron chi connectivity index (χ1n) is 5.74. The molecule has 1 aliphatic heterocycles. The highest BCUT2D eigenvalue weighted by atomic mass is 19.1. The van der Waals surface area contributed by atoms with Gasteiger partial charge in [-0.2, -0.15) is 0 Å². The highest BCUT2D eigenvalue weighted by Crippen LogP contribution is 2.31. The van der Waals surface area contributed by atoms with Gasteiger partial charge in [-0.1, -0.05) is 12.1 Å². The molecule has 1 aromatic carbocycles. The van der Waals surface area contributed by atoms with Crippen LogP contribution in [0.15, 0.2) is 24.3 Å². The summed E-state index contributed by atoms with van der Waals surface area (Å²) in [4.78, 5) is 13.5. The molecule has 0 aliphatic carbocycles. The number of aliphatic carboxylic acids is 1. The van der Waals surface area contributed by atoms with Crippen LogP contribution in [0, 0.1) is 11.7 Å². The summed E-state index contributed by atoms with van der Waals surface area (Å²) >= 11 is 0. The van der Waals surface area contributed by atoms with Crippen molar-refractivity contribution in [1.29, 1.82) is 0 Å². The molecule has 0 saturated carbocycles. The van der Waals surface area contributed by atoms with E-state index >= 15 is 0 Å². The van der Waals surface area contributed by atoms with Crippen molar-refractivity contribution in [2.45, 2.75) is 12.3 Å². The first-order valence-corrected chi connectivity index (χ1v) is 5.74. The molecule has 92 valence electrons. The van der Waals surface area contributed by atoms with E-state index in [1.54, 1.807) is 12.1 Å². The molecule has 17 heavy (non-hydrogen) atoms. The van der Waals surface area contributed by atoms with E-state index in [9.17, 15) is 14.3 Å². The van der Waals surface area contributed by atoms with Crippen molar-refractivity contribution >= 4 is 5.97 Å². The second-order valence-electron chi connectivity index (χ2n) is 4.68. The summed E-state index contributed by atoms with van der Waals surface area (Å²) in [7, 11) is 1.99. The second kappa shape index (κ2) is 4.84. The second-order valence-corrected chi connectivity index (χ2v) is 4.68. The Hall–Kier alpha value is -1.42. The van der Waals surface area contributed by atoms with E-state index in [-0.39, 0.29) is 11.7 Å². The molecular formula is C13H16FNO2. The Morgan fingerprint density at radius 2 is 2.12 bits per heavy atom. The minimum atomic E-state index is -0.822. The predicted molar refractivity (Wildman–Crippen MR) is 62.4 cm³/mol. The summed E-state index contributed by atoms with van der Waals surface area (Å²) in [6, 6.07) is 5.80. The molecule has 1 fully saturated rings. The monoisotopic (exact) mass is 237 g/mol. The van der Waals surface area contributed by atoms with Crippen molar-refractivity contribution < 1.29 is 14.3 Å². The van der Waals surface area contributed by atoms with Crippen molar-refractivity contribution in [3.63, 3.8) is 0 Å². The molecule has 1 aliphatic rings. The summed E-state index contributed by atoms with van der Waals surface area (Å²) < 4.78 is 12.8. The standard InChI is InChI=1S/C13H16FNO2/c1-15-7-6-10(8-15)12(13(16)17)9-2-4-11(14)5-3-9/h2-5,10,12H,6-8H2,1H3,(H,16,17). The Bertz CT molecular complexity index is 404. The number of benzene rings is 1. The Kier molecular flexibility index (Phi) is 3.43. The number of likely N-dealkylation sites (tertiary alicyclic amines) is 1. The third kappa shape index (κ3) is 2.64. The zero-order valence-corrected chi connectivity index (χ0v) is 9.77. The van der Waals surface area contributed by atoms with Crippen LogP contribution in [0.4, 0.5) is 4.39 Å². The van der Waals surface area contributed by atoms with Gasteiger partial charge in [-0.05, 0) is 43.6 Å². The maximum Gasteiger partial charge on any atom is 0.311 e. The van der Waals surface area contributed by atoms with Crippen LogP contribution in [0.25, 0.3) is 0 Å². The average molecular weight is 237 g/mol. The maximum absolute atomic E-state index is 12.8. The summed E-state index contributed by atoms with van der Waals surface area (Å²) in [5.41, 5.74) is 0.694. The third-order valence-electron chi connectivity index (χ3n) is 3.39. The van der Waals surface area contributed by atoms with Gasteiger partial charge in [0.1, 0.15) is 5.82 Å². The normalized spacial score (nSPS) is 22.6. The fraction of sp³-hybridized carbons (Fsp3) is 0.462. The number of hydrogen-bond donors (Lipinski definition) is 1. The van der Waals surface area contributed by atoms with Crippen molar-refractivity contribution in [1.82, 2.24) is 4.90 Å². The SMILES string of the molecule is CN1CCC(C(C(=O)O)c2ccc(F)cc2)C1. The smallest absolute Gasteiger partial charge is 0.311 e. The van der Waals surface area contributed by atoms with Gasteiger partial charge in [-0.3, -0.25) is 4.79 Å². The van der Waals surface area contributed by atoms with Gasteiger partial charge in [0, 0.05) is 6.54 Å². The zero-order chi connectivity index (χ0) is 12.4. The topological polar surface area (TPSA) is 40.5 Å². The number of rotatable bonds is 3. The zero-order valence-electron chi connectivity index (χ0n) is 9.77. The van der Waals surface area contributed by atoms with Gasteiger partial charge in [0.2, 0.25) is 0 Å². The lowest BCUT2D eigenvalue weighted by atomic mass is 9.85. The van der Waals surface area contributed by atoms with E-state index < -0.39 is 11.9 Å². The Balaban J connectivity index is 2.23. The van der Waals surface area contributed by atoms with E-state index in [0.29, 0.717) is 5.56 Å². The highest BCUT2D eigenvalue weighted by molar-refractivity contribution is 5.76. The summed E-state index contributed by atoms with van der Waals surface area (Å²) in [6.45, 7) is 1.71. The number of halogens is 1. The number of carboxylic acid groups (broad SMARTS) is 1. The fourth-order valence-electron chi connectivity index (χ4n) is 2.53. The first-order chi connectivity index (χ1) is 8.08. The Morgan fingerprint density at radius 3 is 2.59 bits per heavy atom. The first kappa shape index (κ1) is 12.0. The van der Waals surface area contributed by atoms with Crippen molar-refractivity contribution in [2.75, 3.05) is 20.1 Å². The van der Waals surface area contributed by atoms with Crippen molar-refractivity contribution in [2.24, 2.45) is 5.92 Å². The van der Waals surface area contributed by atoms with Gasteiger partial charge in [0.15, 0.2) is 0 Å². The Labute approximate surface area is 99.9 Å². The maximum atomic E-state index is 12.8. The van der Waals surface area contributed by atoms with Crippen LogP contribution in [0.3, 0.4) is 0 Å². The number of carboxylic acids is 1. The lowest BCUT2D eigenvalue weighted by molar-refractivity contribution is -0.140. The van der Waals surface area contributed by atoms with Crippen LogP contribution in [-0.2, 0) is 4.79 Å². The molecule has 0 radical (unpaired) electrons. The van der Waals surface area contributed by atoms with Gasteiger partial charge < -0.3 is 10.0 Å². The predicted octanol–water partition coefficient (Wildman–Crippen LogP) is 1.95. The fourth-order valence-corrected chi connectivity index (χ4v) is 2.53. The van der Waals surface area contributed by atoms with E-state index in [4.69, 9.17) is 0 Å². The molecule has 1 heterocycles. The minimum Gasteiger partial charge on any atom is -0.481 e. The molecule has 0 aromatic heterocycles. The highest BCUT2D eigenvalue weighted by Gasteiger charge is 2.33. The number of hydrogen-bond acceptors (Lipinski definition) is 2. The van der Waals surface area contributed by atoms with Gasteiger partial charge in [-0.25, -0.2) is 4.39 Å². The van der Waals surface area contributed by atoms with Crippen molar-refractivity contribution in [3.05, 3.63) is 35.6 Å². The summed E-state index contributed by atoms with van der Waals surface area (Å²) in [5, 5.41) is 9.33. The van der Waals surface area contributed by atoms with Gasteiger partial charge in [0.05, 0.1) is 5.92 Å². The number of carbonyl (C=O) groups is 1. The van der Waals surface area contributed by atoms with Crippen LogP contribution < -0.4 is 0 Å². The third-order valence-corrected chi connectivity index (χ3v) is 3.39. The minimum absolute atomic E-state index is 0.114. The molecule has 3 nitrogen and oxygen atoms in total. The molecule has 1 saturated heterocycles. The molecular weight excluding hydrogens is 221 g/mol. The number of nitrogens with zero attached hydrogens (tertiary/aromatic N) is 1. The molecule has 2 rings (SSSR count). The van der Waals surface area contributed by atoms with Crippen molar-refractivity contribution in [3.8, 4) is 0 Å². The van der Waals surface area contributed by atoms with Gasteiger partial charge in [-0.15, -0.1) is 0 Å². The van der Waals surface area contributed by atoms with Crippen LogP contribution in [0.2, 0.25) is 0 Å². The summed E-state index contributed by atoms with van der Waals surface area (Å²) in [5.74, 6) is -1.57. The van der Waals surface area contributed by atoms with Crippen LogP contribution >= 0.6 is 0 Å². The van der Waals surface area contributed by atoms with Gasteiger partial charge >= 0.3 is 5.97 Å². The van der Waals surface area contributed by atoms with Crippen LogP contribution in [-0.4, -0.2) is 36.1 Å². The molecule has 0 spiro atoms. The van der Waals surface area contributed by atoms with E-state index in [2.05, 4.69) is 4.90 Å². The quantitative estimate of drug-likeness (QED) is 0.873. The van der Waals surface area contributed by atoms with Crippen LogP contribution in [0.5, 0.6) is 0 Å². The van der Waals surface area contributed by atoms with E-state index in [0.717, 1.165) is 19.5 Å². The van der Waals surface area contributed by atoms with Crippen LogP contribution in [0.1, 0.15) is 17.9 Å². The molecule has 2 atom stereocenters. The molecule has 0 bridgehead atoms. The Morgan fingerprint density at radius 1 is 1.47 bits per heavy atom. The molecule has 0 amide bonds. The van der Waals surface area contributed by atoms with Gasteiger partial charge in [0.25, 0.3) is 0 Å². The average Bonchev–Trinajstić information content (AvgIpc) is 2.68. The molecule has 2 unspecified atom stereocenters. The molecule has 1 aromatic rings. The largest absolute Gasteiger partial charge is 0.481 e. The molecule has 4 heteroatoms. The van der Waals surface area contributed by atoms with E-state index in [1.807, 2.05) is 7.05 Å².